The van der Waals surface area contributed by atoms with Gasteiger partial charge in [0.05, 0.1) is 18.2 Å². The fraction of sp³-hybridized carbons (Fsp3) is 0.304. The molecule has 0 unspecified atom stereocenters. The highest BCUT2D eigenvalue weighted by atomic mass is 35.5. The Morgan fingerprint density at radius 3 is 2.57 bits per heavy atom. The van der Waals surface area contributed by atoms with E-state index in [1.807, 2.05) is 43.4 Å². The first kappa shape index (κ1) is 21.9. The van der Waals surface area contributed by atoms with Crippen LogP contribution in [0, 0.1) is 0 Å². The first-order valence-corrected chi connectivity index (χ1v) is 10.2. The number of rotatable bonds is 7. The number of nitrogens with zero attached hydrogens (tertiary/aromatic N) is 2. The van der Waals surface area contributed by atoms with Crippen LogP contribution in [0.3, 0.4) is 0 Å². The Morgan fingerprint density at radius 2 is 1.90 bits per heavy atom. The molecular formula is C23H26ClN3O3. The van der Waals surface area contributed by atoms with Crippen LogP contribution in [0.15, 0.2) is 65.9 Å². The van der Waals surface area contributed by atoms with Crippen LogP contribution in [-0.2, 0) is 16.1 Å². The van der Waals surface area contributed by atoms with Gasteiger partial charge in [0.15, 0.2) is 0 Å². The summed E-state index contributed by atoms with van der Waals surface area (Å²) in [6.07, 6.45) is 0. The predicted molar refractivity (Wildman–Crippen MR) is 117 cm³/mol. The average molecular weight is 428 g/mol. The van der Waals surface area contributed by atoms with Crippen molar-refractivity contribution in [2.75, 3.05) is 27.2 Å². The number of carbonyl (C=O) groups is 2. The number of urea groups is 1. The van der Waals surface area contributed by atoms with E-state index in [1.165, 1.54) is 4.90 Å². The Balaban J connectivity index is 2.00. The number of hydrogen-bond donors (Lipinski definition) is 1. The summed E-state index contributed by atoms with van der Waals surface area (Å²) in [4.78, 5) is 29.2. The van der Waals surface area contributed by atoms with E-state index in [-0.39, 0.29) is 12.6 Å². The second-order valence-corrected chi connectivity index (χ2v) is 7.67. The summed E-state index contributed by atoms with van der Waals surface area (Å²) in [6.45, 7) is 3.09. The van der Waals surface area contributed by atoms with Gasteiger partial charge in [0, 0.05) is 30.9 Å². The van der Waals surface area contributed by atoms with Crippen molar-refractivity contribution in [3.05, 3.63) is 82.0 Å². The third-order valence-corrected chi connectivity index (χ3v) is 5.20. The summed E-state index contributed by atoms with van der Waals surface area (Å²) in [7, 11) is 3.62. The van der Waals surface area contributed by atoms with E-state index in [9.17, 15) is 9.59 Å². The van der Waals surface area contributed by atoms with Gasteiger partial charge in [-0.1, -0.05) is 54.1 Å². The van der Waals surface area contributed by atoms with Crippen molar-refractivity contribution in [3.63, 3.8) is 0 Å². The van der Waals surface area contributed by atoms with Gasteiger partial charge in [-0.25, -0.2) is 9.59 Å². The number of nitrogens with one attached hydrogen (secondary N) is 1. The van der Waals surface area contributed by atoms with Crippen LogP contribution in [0.2, 0.25) is 5.02 Å². The summed E-state index contributed by atoms with van der Waals surface area (Å²) in [5.41, 5.74) is 2.91. The summed E-state index contributed by atoms with van der Waals surface area (Å²) < 4.78 is 5.35. The van der Waals surface area contributed by atoms with E-state index in [0.29, 0.717) is 29.4 Å². The van der Waals surface area contributed by atoms with Gasteiger partial charge < -0.3 is 10.1 Å². The molecule has 1 heterocycles. The standard InChI is InChI=1S/C23H26ClN3O3/c1-4-30-22(28)20-19(15-26(2)14-16-9-6-5-7-10-16)27(3)23(29)25-21(20)17-11-8-12-18(24)13-17/h5-13,21H,4,14-15H2,1-3H3,(H,25,29)/t21-/m0/s1. The van der Waals surface area contributed by atoms with Crippen molar-refractivity contribution in [2.24, 2.45) is 0 Å². The van der Waals surface area contributed by atoms with Gasteiger partial charge in [0.2, 0.25) is 0 Å². The smallest absolute Gasteiger partial charge is 0.338 e. The van der Waals surface area contributed by atoms with Gasteiger partial charge in [0.1, 0.15) is 0 Å². The minimum atomic E-state index is -0.633. The highest BCUT2D eigenvalue weighted by molar-refractivity contribution is 6.30. The molecule has 0 bridgehead atoms. The number of amides is 2. The van der Waals surface area contributed by atoms with Crippen molar-refractivity contribution in [1.82, 2.24) is 15.1 Å². The number of esters is 1. The monoisotopic (exact) mass is 427 g/mol. The maximum atomic E-state index is 13.0. The topological polar surface area (TPSA) is 61.9 Å². The molecular weight excluding hydrogens is 402 g/mol. The van der Waals surface area contributed by atoms with E-state index in [2.05, 4.69) is 10.2 Å². The third-order valence-electron chi connectivity index (χ3n) is 4.97. The minimum absolute atomic E-state index is 0.245. The minimum Gasteiger partial charge on any atom is -0.463 e. The third kappa shape index (κ3) is 5.01. The average Bonchev–Trinajstić information content (AvgIpc) is 2.72. The molecule has 0 radical (unpaired) electrons. The largest absolute Gasteiger partial charge is 0.463 e. The molecule has 0 saturated carbocycles. The Kier molecular flexibility index (Phi) is 7.13. The number of carbonyl (C=O) groups excluding carboxylic acids is 2. The molecule has 1 aliphatic heterocycles. The van der Waals surface area contributed by atoms with Gasteiger partial charge in [-0.3, -0.25) is 9.80 Å². The molecule has 7 heteroatoms. The molecule has 6 nitrogen and oxygen atoms in total. The van der Waals surface area contributed by atoms with Crippen LogP contribution in [0.25, 0.3) is 0 Å². The molecule has 158 valence electrons. The number of likely N-dealkylation sites (N-methyl/N-ethyl adjacent to an activating group) is 2. The zero-order valence-corrected chi connectivity index (χ0v) is 18.1. The summed E-state index contributed by atoms with van der Waals surface area (Å²) in [5.74, 6) is -0.447. The second kappa shape index (κ2) is 9.78. The Bertz CT molecular complexity index is 946. The molecule has 0 aliphatic carbocycles. The lowest BCUT2D eigenvalue weighted by atomic mass is 9.94. The lowest BCUT2D eigenvalue weighted by Crippen LogP contribution is -2.49. The van der Waals surface area contributed by atoms with E-state index in [1.54, 1.807) is 32.2 Å². The van der Waals surface area contributed by atoms with Crippen molar-refractivity contribution < 1.29 is 14.3 Å². The fourth-order valence-electron chi connectivity index (χ4n) is 3.54. The highest BCUT2D eigenvalue weighted by Crippen LogP contribution is 2.32. The van der Waals surface area contributed by atoms with E-state index in [0.717, 1.165) is 11.1 Å². The van der Waals surface area contributed by atoms with Crippen LogP contribution in [-0.4, -0.2) is 49.0 Å². The normalized spacial score (nSPS) is 16.6. The van der Waals surface area contributed by atoms with Crippen LogP contribution in [0.4, 0.5) is 4.79 Å². The first-order chi connectivity index (χ1) is 14.4. The molecule has 1 atom stereocenters. The number of hydrogen-bond acceptors (Lipinski definition) is 4. The number of ether oxygens (including phenoxy) is 1. The van der Waals surface area contributed by atoms with Crippen LogP contribution < -0.4 is 5.32 Å². The van der Waals surface area contributed by atoms with E-state index in [4.69, 9.17) is 16.3 Å². The molecule has 1 aliphatic rings. The van der Waals surface area contributed by atoms with Gasteiger partial charge in [-0.05, 0) is 37.2 Å². The van der Waals surface area contributed by atoms with Crippen molar-refractivity contribution >= 4 is 23.6 Å². The van der Waals surface area contributed by atoms with E-state index < -0.39 is 12.0 Å². The van der Waals surface area contributed by atoms with Crippen LogP contribution in [0.5, 0.6) is 0 Å². The lowest BCUT2D eigenvalue weighted by Gasteiger charge is -2.36. The number of halogens is 1. The molecule has 30 heavy (non-hydrogen) atoms. The predicted octanol–water partition coefficient (Wildman–Crippen LogP) is 3.99. The van der Waals surface area contributed by atoms with Gasteiger partial charge in [0.25, 0.3) is 0 Å². The maximum Gasteiger partial charge on any atom is 0.338 e. The second-order valence-electron chi connectivity index (χ2n) is 7.24. The molecule has 0 fully saturated rings. The molecule has 2 aromatic rings. The maximum absolute atomic E-state index is 13.0. The molecule has 3 rings (SSSR count). The molecule has 2 aromatic carbocycles. The molecule has 1 N–H and O–H groups in total. The van der Waals surface area contributed by atoms with Gasteiger partial charge in [-0.15, -0.1) is 0 Å². The quantitative estimate of drug-likeness (QED) is 0.679. The van der Waals surface area contributed by atoms with Gasteiger partial charge >= 0.3 is 12.0 Å². The van der Waals surface area contributed by atoms with Crippen LogP contribution in [0.1, 0.15) is 24.1 Å². The van der Waals surface area contributed by atoms with Crippen molar-refractivity contribution in [3.8, 4) is 0 Å². The lowest BCUT2D eigenvalue weighted by molar-refractivity contribution is -0.139. The Hall–Kier alpha value is -2.83. The molecule has 0 spiro atoms. The highest BCUT2D eigenvalue weighted by Gasteiger charge is 2.37. The Labute approximate surface area is 182 Å². The zero-order chi connectivity index (χ0) is 21.7. The van der Waals surface area contributed by atoms with Crippen molar-refractivity contribution in [2.45, 2.75) is 19.5 Å². The molecule has 2 amide bonds. The first-order valence-electron chi connectivity index (χ1n) is 9.83. The summed E-state index contributed by atoms with van der Waals surface area (Å²) in [6, 6.07) is 16.3. The Morgan fingerprint density at radius 1 is 1.17 bits per heavy atom. The molecule has 0 saturated heterocycles. The zero-order valence-electron chi connectivity index (χ0n) is 17.4. The molecule has 0 aromatic heterocycles. The SMILES string of the molecule is CCOC(=O)C1=C(CN(C)Cc2ccccc2)N(C)C(=O)N[C@H]1c1cccc(Cl)c1. The van der Waals surface area contributed by atoms with Crippen LogP contribution >= 0.6 is 11.6 Å². The number of benzene rings is 2. The summed E-state index contributed by atoms with van der Waals surface area (Å²) >= 11 is 6.16. The van der Waals surface area contributed by atoms with E-state index >= 15 is 0 Å². The summed E-state index contributed by atoms with van der Waals surface area (Å²) in [5, 5.41) is 3.44. The van der Waals surface area contributed by atoms with Crippen molar-refractivity contribution in [1.29, 1.82) is 0 Å². The van der Waals surface area contributed by atoms with Gasteiger partial charge in [-0.2, -0.15) is 0 Å². The fourth-order valence-corrected chi connectivity index (χ4v) is 3.74.